The maximum atomic E-state index is 5.52. The zero-order chi connectivity index (χ0) is 10.5. The molecule has 0 fully saturated rings. The average molecular weight is 219 g/mol. The van der Waals surface area contributed by atoms with Gasteiger partial charge < -0.3 is 5.73 Å². The zero-order valence-corrected chi connectivity index (χ0v) is 9.15. The van der Waals surface area contributed by atoms with Gasteiger partial charge in [0.15, 0.2) is 0 Å². The van der Waals surface area contributed by atoms with E-state index >= 15 is 0 Å². The van der Waals surface area contributed by atoms with Crippen molar-refractivity contribution in [1.82, 2.24) is 9.78 Å². The van der Waals surface area contributed by atoms with Gasteiger partial charge in [0.1, 0.15) is 5.82 Å². The molecule has 0 radical (unpaired) electrons. The fourth-order valence-corrected chi connectivity index (χ4v) is 2.14. The van der Waals surface area contributed by atoms with Crippen molar-refractivity contribution in [3.05, 3.63) is 42.6 Å². The van der Waals surface area contributed by atoms with Gasteiger partial charge in [-0.05, 0) is 18.2 Å². The smallest absolute Gasteiger partial charge is 0.145 e. The Hall–Kier alpha value is -1.42. The monoisotopic (exact) mass is 219 g/mol. The SMILES string of the molecule is Nc1ccn(CCSc2ccccc2)n1. The molecular weight excluding hydrogens is 206 g/mol. The molecule has 0 spiro atoms. The molecule has 78 valence electrons. The third kappa shape index (κ3) is 3.02. The second-order valence-corrected chi connectivity index (χ2v) is 4.33. The van der Waals surface area contributed by atoms with Gasteiger partial charge in [0.2, 0.25) is 0 Å². The van der Waals surface area contributed by atoms with E-state index in [1.54, 1.807) is 0 Å². The second-order valence-electron chi connectivity index (χ2n) is 3.17. The van der Waals surface area contributed by atoms with Gasteiger partial charge in [-0.15, -0.1) is 11.8 Å². The number of nitrogen functional groups attached to an aromatic ring is 1. The standard InChI is InChI=1S/C11H13N3S/c12-11-6-7-14(13-11)8-9-15-10-4-2-1-3-5-10/h1-7H,8-9H2,(H2,12,13). The quantitative estimate of drug-likeness (QED) is 0.802. The minimum absolute atomic E-state index is 0.583. The van der Waals surface area contributed by atoms with E-state index in [1.165, 1.54) is 4.90 Å². The van der Waals surface area contributed by atoms with Gasteiger partial charge in [0.25, 0.3) is 0 Å². The molecular formula is C11H13N3S. The molecule has 3 nitrogen and oxygen atoms in total. The van der Waals surface area contributed by atoms with E-state index < -0.39 is 0 Å². The van der Waals surface area contributed by atoms with E-state index in [4.69, 9.17) is 5.73 Å². The molecule has 2 N–H and O–H groups in total. The minimum atomic E-state index is 0.583. The summed E-state index contributed by atoms with van der Waals surface area (Å²) in [5.41, 5.74) is 5.52. The predicted octanol–water partition coefficient (Wildman–Crippen LogP) is 2.26. The van der Waals surface area contributed by atoms with Gasteiger partial charge in [-0.3, -0.25) is 4.68 Å². The van der Waals surface area contributed by atoms with Crippen LogP contribution in [0.5, 0.6) is 0 Å². The van der Waals surface area contributed by atoms with Crippen LogP contribution in [0.3, 0.4) is 0 Å². The van der Waals surface area contributed by atoms with Crippen LogP contribution in [-0.4, -0.2) is 15.5 Å². The largest absolute Gasteiger partial charge is 0.382 e. The molecule has 0 unspecified atom stereocenters. The number of rotatable bonds is 4. The summed E-state index contributed by atoms with van der Waals surface area (Å²) in [5, 5.41) is 4.12. The Labute approximate surface area is 93.3 Å². The maximum absolute atomic E-state index is 5.52. The molecule has 2 aromatic rings. The molecule has 15 heavy (non-hydrogen) atoms. The lowest BCUT2D eigenvalue weighted by Crippen LogP contribution is -2.01. The summed E-state index contributed by atoms with van der Waals surface area (Å²) in [6.07, 6.45) is 1.90. The summed E-state index contributed by atoms with van der Waals surface area (Å²) in [6.45, 7) is 0.886. The number of benzene rings is 1. The number of hydrogen-bond acceptors (Lipinski definition) is 3. The number of thioether (sulfide) groups is 1. The molecule has 0 amide bonds. The molecule has 1 heterocycles. The molecule has 0 saturated heterocycles. The Morgan fingerprint density at radius 1 is 1.20 bits per heavy atom. The van der Waals surface area contributed by atoms with Crippen molar-refractivity contribution in [3.63, 3.8) is 0 Å². The summed E-state index contributed by atoms with van der Waals surface area (Å²) in [5.74, 6) is 1.59. The lowest BCUT2D eigenvalue weighted by molar-refractivity contribution is 0.669. The normalized spacial score (nSPS) is 10.4. The van der Waals surface area contributed by atoms with Gasteiger partial charge in [-0.2, -0.15) is 5.10 Å². The molecule has 0 bridgehead atoms. The summed E-state index contributed by atoms with van der Waals surface area (Å²) in [7, 11) is 0. The highest BCUT2D eigenvalue weighted by Crippen LogP contribution is 2.16. The fourth-order valence-electron chi connectivity index (χ4n) is 1.28. The Kier molecular flexibility index (Phi) is 3.29. The maximum Gasteiger partial charge on any atom is 0.145 e. The molecule has 0 aliphatic rings. The van der Waals surface area contributed by atoms with Crippen LogP contribution in [0, 0.1) is 0 Å². The van der Waals surface area contributed by atoms with E-state index in [0.717, 1.165) is 12.3 Å². The number of aryl methyl sites for hydroxylation is 1. The third-order valence-corrected chi connectivity index (χ3v) is 2.99. The number of nitrogens with two attached hydrogens (primary N) is 1. The summed E-state index contributed by atoms with van der Waals surface area (Å²) in [4.78, 5) is 1.29. The Morgan fingerprint density at radius 3 is 2.67 bits per heavy atom. The number of nitrogens with zero attached hydrogens (tertiary/aromatic N) is 2. The van der Waals surface area contributed by atoms with Gasteiger partial charge >= 0.3 is 0 Å². The third-order valence-electron chi connectivity index (χ3n) is 1.99. The van der Waals surface area contributed by atoms with Crippen LogP contribution in [0.25, 0.3) is 0 Å². The molecule has 1 aromatic carbocycles. The molecule has 0 atom stereocenters. The van der Waals surface area contributed by atoms with Crippen LogP contribution >= 0.6 is 11.8 Å². The second kappa shape index (κ2) is 4.89. The van der Waals surface area contributed by atoms with E-state index in [1.807, 2.05) is 46.9 Å². The van der Waals surface area contributed by atoms with Crippen molar-refractivity contribution in [1.29, 1.82) is 0 Å². The van der Waals surface area contributed by atoms with Crippen LogP contribution in [0.4, 0.5) is 5.82 Å². The highest BCUT2D eigenvalue weighted by molar-refractivity contribution is 7.99. The molecule has 2 rings (SSSR count). The molecule has 0 aliphatic heterocycles. The van der Waals surface area contributed by atoms with Crippen molar-refractivity contribution in [3.8, 4) is 0 Å². The number of anilines is 1. The Balaban J connectivity index is 1.80. The van der Waals surface area contributed by atoms with Gasteiger partial charge in [0, 0.05) is 16.8 Å². The van der Waals surface area contributed by atoms with E-state index in [9.17, 15) is 0 Å². The van der Waals surface area contributed by atoms with E-state index in [-0.39, 0.29) is 0 Å². The van der Waals surface area contributed by atoms with E-state index in [2.05, 4.69) is 17.2 Å². The number of aromatic nitrogens is 2. The lowest BCUT2D eigenvalue weighted by atomic mass is 10.4. The van der Waals surface area contributed by atoms with Crippen molar-refractivity contribution in [2.24, 2.45) is 0 Å². The lowest BCUT2D eigenvalue weighted by Gasteiger charge is -2.01. The molecule has 0 aliphatic carbocycles. The van der Waals surface area contributed by atoms with Crippen LogP contribution < -0.4 is 5.73 Å². The molecule has 4 heteroatoms. The highest BCUT2D eigenvalue weighted by Gasteiger charge is 1.95. The first-order chi connectivity index (χ1) is 7.34. The van der Waals surface area contributed by atoms with Crippen molar-refractivity contribution >= 4 is 17.6 Å². The summed E-state index contributed by atoms with van der Waals surface area (Å²) in [6, 6.07) is 12.2. The number of hydrogen-bond donors (Lipinski definition) is 1. The fraction of sp³-hybridized carbons (Fsp3) is 0.182. The van der Waals surface area contributed by atoms with Gasteiger partial charge in [-0.25, -0.2) is 0 Å². The van der Waals surface area contributed by atoms with Crippen molar-refractivity contribution < 1.29 is 0 Å². The van der Waals surface area contributed by atoms with Gasteiger partial charge in [-0.1, -0.05) is 18.2 Å². The van der Waals surface area contributed by atoms with Crippen LogP contribution in [0.2, 0.25) is 0 Å². The minimum Gasteiger partial charge on any atom is -0.382 e. The van der Waals surface area contributed by atoms with Gasteiger partial charge in [0.05, 0.1) is 6.54 Å². The average Bonchev–Trinajstić information content (AvgIpc) is 2.66. The molecule has 0 saturated carbocycles. The molecule has 1 aromatic heterocycles. The van der Waals surface area contributed by atoms with E-state index in [0.29, 0.717) is 5.82 Å². The van der Waals surface area contributed by atoms with Crippen molar-refractivity contribution in [2.75, 3.05) is 11.5 Å². The Bertz CT molecular complexity index is 411. The first kappa shape index (κ1) is 10.1. The highest BCUT2D eigenvalue weighted by atomic mass is 32.2. The first-order valence-corrected chi connectivity index (χ1v) is 5.80. The van der Waals surface area contributed by atoms with Crippen LogP contribution in [0.1, 0.15) is 0 Å². The summed E-state index contributed by atoms with van der Waals surface area (Å²) < 4.78 is 1.87. The Morgan fingerprint density at radius 2 is 2.00 bits per heavy atom. The predicted molar refractivity (Wildman–Crippen MR) is 63.8 cm³/mol. The topological polar surface area (TPSA) is 43.8 Å². The van der Waals surface area contributed by atoms with Crippen LogP contribution in [-0.2, 0) is 6.54 Å². The first-order valence-electron chi connectivity index (χ1n) is 4.81. The zero-order valence-electron chi connectivity index (χ0n) is 8.34. The van der Waals surface area contributed by atoms with Crippen molar-refractivity contribution in [2.45, 2.75) is 11.4 Å². The summed E-state index contributed by atoms with van der Waals surface area (Å²) >= 11 is 1.82. The van der Waals surface area contributed by atoms with Crippen LogP contribution in [0.15, 0.2) is 47.5 Å².